The quantitative estimate of drug-likeness (QED) is 0.732. The minimum absolute atomic E-state index is 0.117. The molecule has 0 radical (unpaired) electrons. The summed E-state index contributed by atoms with van der Waals surface area (Å²) < 4.78 is 33.2. The number of benzene rings is 2. The average Bonchev–Trinajstić information content (AvgIpc) is 3.05. The summed E-state index contributed by atoms with van der Waals surface area (Å²) in [5.41, 5.74) is 1.94. The van der Waals surface area contributed by atoms with Crippen molar-refractivity contribution in [1.29, 1.82) is 10.7 Å². The van der Waals surface area contributed by atoms with Gasteiger partial charge in [-0.2, -0.15) is 5.26 Å². The van der Waals surface area contributed by atoms with E-state index < -0.39 is 23.5 Å². The van der Waals surface area contributed by atoms with Crippen molar-refractivity contribution >= 4 is 5.90 Å². The summed E-state index contributed by atoms with van der Waals surface area (Å²) in [7, 11) is 0. The molecule has 2 unspecified atom stereocenters. The molecule has 1 aromatic heterocycles. The van der Waals surface area contributed by atoms with Crippen molar-refractivity contribution in [2.75, 3.05) is 0 Å². The van der Waals surface area contributed by atoms with Gasteiger partial charge >= 0.3 is 0 Å². The second-order valence-corrected chi connectivity index (χ2v) is 5.90. The van der Waals surface area contributed by atoms with Crippen LogP contribution >= 0.6 is 0 Å². The minimum Gasteiger partial charge on any atom is -0.422 e. The Morgan fingerprint density at radius 3 is 2.62 bits per heavy atom. The van der Waals surface area contributed by atoms with E-state index in [9.17, 15) is 14.0 Å². The molecule has 2 heterocycles. The zero-order valence-electron chi connectivity index (χ0n) is 13.3. The van der Waals surface area contributed by atoms with Crippen molar-refractivity contribution in [1.82, 2.24) is 10.2 Å². The number of aromatic nitrogens is 2. The molecule has 0 saturated heterocycles. The van der Waals surface area contributed by atoms with Gasteiger partial charge in [0.25, 0.3) is 0 Å². The molecule has 3 aromatic rings. The Kier molecular flexibility index (Phi) is 3.73. The largest absolute Gasteiger partial charge is 0.422 e. The smallest absolute Gasteiger partial charge is 0.244 e. The number of nitriles is 1. The summed E-state index contributed by atoms with van der Waals surface area (Å²) in [4.78, 5) is 0. The van der Waals surface area contributed by atoms with Crippen LogP contribution in [0.4, 0.5) is 8.78 Å². The fraction of sp³-hybridized carbons (Fsp3) is 0.105. The maximum Gasteiger partial charge on any atom is 0.244 e. The van der Waals surface area contributed by atoms with Crippen LogP contribution in [0.2, 0.25) is 0 Å². The molecule has 7 heteroatoms. The van der Waals surface area contributed by atoms with E-state index in [1.165, 1.54) is 6.07 Å². The van der Waals surface area contributed by atoms with Gasteiger partial charge in [0, 0.05) is 12.0 Å². The maximum absolute atomic E-state index is 14.5. The van der Waals surface area contributed by atoms with Gasteiger partial charge < -0.3 is 4.74 Å². The second-order valence-electron chi connectivity index (χ2n) is 5.90. The molecule has 0 spiro atoms. The van der Waals surface area contributed by atoms with Crippen molar-refractivity contribution in [3.8, 4) is 23.2 Å². The van der Waals surface area contributed by atoms with Gasteiger partial charge in [-0.25, -0.2) is 8.78 Å². The van der Waals surface area contributed by atoms with Crippen LogP contribution in [0, 0.1) is 34.3 Å². The van der Waals surface area contributed by atoms with Gasteiger partial charge in [-0.15, -0.1) is 5.10 Å². The Hall–Kier alpha value is -3.53. The zero-order valence-corrected chi connectivity index (χ0v) is 13.3. The van der Waals surface area contributed by atoms with Crippen molar-refractivity contribution in [3.63, 3.8) is 0 Å². The molecule has 0 aliphatic carbocycles. The van der Waals surface area contributed by atoms with Gasteiger partial charge in [0.2, 0.25) is 11.8 Å². The fourth-order valence-corrected chi connectivity index (χ4v) is 3.23. The Balaban J connectivity index is 1.97. The lowest BCUT2D eigenvalue weighted by molar-refractivity contribution is 0.431. The molecule has 26 heavy (non-hydrogen) atoms. The highest BCUT2D eigenvalue weighted by atomic mass is 19.1. The van der Waals surface area contributed by atoms with Gasteiger partial charge in [-0.05, 0) is 17.2 Å². The van der Waals surface area contributed by atoms with Crippen LogP contribution in [0.15, 0.2) is 48.5 Å². The summed E-state index contributed by atoms with van der Waals surface area (Å²) >= 11 is 0. The predicted octanol–water partition coefficient (Wildman–Crippen LogP) is 4.00. The van der Waals surface area contributed by atoms with Crippen molar-refractivity contribution in [2.24, 2.45) is 5.92 Å². The van der Waals surface area contributed by atoms with E-state index in [1.807, 2.05) is 36.4 Å². The number of nitrogens with one attached hydrogen (secondary N) is 2. The summed E-state index contributed by atoms with van der Waals surface area (Å²) in [6, 6.07) is 14.4. The SMILES string of the molecule is N#CC1C(=N)Oc2n[nH]c(-c3ccccc3)c2C1c1ccc(F)cc1F. The number of H-pyrrole nitrogens is 1. The van der Waals surface area contributed by atoms with Crippen LogP contribution in [-0.4, -0.2) is 16.1 Å². The number of nitrogens with zero attached hydrogens (tertiary/aromatic N) is 2. The number of ether oxygens (including phenoxy) is 1. The Labute approximate surface area is 147 Å². The van der Waals surface area contributed by atoms with E-state index in [0.717, 1.165) is 17.7 Å². The number of halogens is 2. The molecule has 2 N–H and O–H groups in total. The number of hydrogen-bond acceptors (Lipinski definition) is 4. The maximum atomic E-state index is 14.5. The molecule has 0 fully saturated rings. The monoisotopic (exact) mass is 350 g/mol. The number of fused-ring (bicyclic) bond motifs is 1. The summed E-state index contributed by atoms with van der Waals surface area (Å²) in [6.45, 7) is 0. The molecule has 128 valence electrons. The van der Waals surface area contributed by atoms with Crippen molar-refractivity contribution < 1.29 is 13.5 Å². The van der Waals surface area contributed by atoms with Gasteiger partial charge in [-0.1, -0.05) is 36.4 Å². The molecule has 1 aliphatic heterocycles. The first kappa shape index (κ1) is 16.0. The van der Waals surface area contributed by atoms with Gasteiger partial charge in [-0.3, -0.25) is 10.5 Å². The van der Waals surface area contributed by atoms with E-state index in [2.05, 4.69) is 10.2 Å². The van der Waals surface area contributed by atoms with Crippen molar-refractivity contribution in [3.05, 3.63) is 71.3 Å². The second kappa shape index (κ2) is 6.08. The molecule has 2 atom stereocenters. The first-order valence-electron chi connectivity index (χ1n) is 7.84. The minimum atomic E-state index is -1.05. The lowest BCUT2D eigenvalue weighted by Gasteiger charge is -2.28. The van der Waals surface area contributed by atoms with E-state index in [0.29, 0.717) is 11.3 Å². The van der Waals surface area contributed by atoms with E-state index in [1.54, 1.807) is 0 Å². The predicted molar refractivity (Wildman–Crippen MR) is 89.7 cm³/mol. The van der Waals surface area contributed by atoms with Crippen LogP contribution in [0.3, 0.4) is 0 Å². The highest BCUT2D eigenvalue weighted by molar-refractivity contribution is 5.86. The third-order valence-corrected chi connectivity index (χ3v) is 4.40. The number of hydrogen-bond donors (Lipinski definition) is 2. The van der Waals surface area contributed by atoms with Crippen LogP contribution in [0.1, 0.15) is 17.0 Å². The van der Waals surface area contributed by atoms with E-state index in [4.69, 9.17) is 10.1 Å². The molecule has 4 rings (SSSR count). The average molecular weight is 350 g/mol. The van der Waals surface area contributed by atoms with Gasteiger partial charge in [0.1, 0.15) is 17.6 Å². The molecule has 0 saturated carbocycles. The summed E-state index contributed by atoms with van der Waals surface area (Å²) in [5, 5.41) is 24.5. The molecule has 5 nitrogen and oxygen atoms in total. The Morgan fingerprint density at radius 1 is 1.15 bits per heavy atom. The Bertz CT molecular complexity index is 1040. The standard InChI is InChI=1S/C19H12F2N4O/c20-11-6-7-12(14(21)8-11)15-13(9-22)18(23)26-19-16(15)17(24-25-19)10-4-2-1-3-5-10/h1-8,13,15,23H,(H,24,25). The third-order valence-electron chi connectivity index (χ3n) is 4.40. The topological polar surface area (TPSA) is 85.6 Å². The lowest BCUT2D eigenvalue weighted by atomic mass is 9.78. The summed E-state index contributed by atoms with van der Waals surface area (Å²) in [6.07, 6.45) is 0. The van der Waals surface area contributed by atoms with Gasteiger partial charge in [0.15, 0.2) is 0 Å². The fourth-order valence-electron chi connectivity index (χ4n) is 3.23. The van der Waals surface area contributed by atoms with Crippen LogP contribution in [0.25, 0.3) is 11.3 Å². The number of aromatic amines is 1. The Morgan fingerprint density at radius 2 is 1.92 bits per heavy atom. The molecule has 0 amide bonds. The summed E-state index contributed by atoms with van der Waals surface area (Å²) in [5.74, 6) is -3.59. The zero-order chi connectivity index (χ0) is 18.3. The number of rotatable bonds is 2. The molecule has 0 bridgehead atoms. The van der Waals surface area contributed by atoms with Crippen LogP contribution in [-0.2, 0) is 0 Å². The van der Waals surface area contributed by atoms with Crippen molar-refractivity contribution in [2.45, 2.75) is 5.92 Å². The highest BCUT2D eigenvalue weighted by Gasteiger charge is 2.41. The van der Waals surface area contributed by atoms with E-state index >= 15 is 0 Å². The molecule has 2 aromatic carbocycles. The van der Waals surface area contributed by atoms with E-state index in [-0.39, 0.29) is 17.3 Å². The van der Waals surface area contributed by atoms with Crippen LogP contribution in [0.5, 0.6) is 5.88 Å². The highest BCUT2D eigenvalue weighted by Crippen LogP contribution is 2.46. The molecular formula is C19H12F2N4O. The molecule has 1 aliphatic rings. The lowest BCUT2D eigenvalue weighted by Crippen LogP contribution is -2.31. The van der Waals surface area contributed by atoms with Gasteiger partial charge in [0.05, 0.1) is 17.3 Å². The van der Waals surface area contributed by atoms with Crippen LogP contribution < -0.4 is 4.74 Å². The third kappa shape index (κ3) is 2.43. The normalized spacial score (nSPS) is 18.7. The first-order valence-corrected chi connectivity index (χ1v) is 7.84. The first-order chi connectivity index (χ1) is 12.6. The molecular weight excluding hydrogens is 338 g/mol.